The molecule has 0 aromatic heterocycles. The van der Waals surface area contributed by atoms with Crippen LogP contribution in [0.15, 0.2) is 54.6 Å². The molecule has 3 nitrogen and oxygen atoms in total. The van der Waals surface area contributed by atoms with E-state index in [0.29, 0.717) is 12.8 Å². The number of aliphatic hydroxyl groups excluding tert-OH is 1. The van der Waals surface area contributed by atoms with Gasteiger partial charge < -0.3 is 10.4 Å². The molecule has 116 valence electrons. The van der Waals surface area contributed by atoms with E-state index in [1.54, 1.807) is 0 Å². The van der Waals surface area contributed by atoms with Crippen molar-refractivity contribution in [1.29, 1.82) is 0 Å². The minimum absolute atomic E-state index is 0.0190. The zero-order valence-electron chi connectivity index (χ0n) is 13.0. The molecule has 0 fully saturated rings. The molecule has 1 unspecified atom stereocenters. The summed E-state index contributed by atoms with van der Waals surface area (Å²) in [6.45, 7) is 2.11. The Balaban J connectivity index is 1.93. The Kier molecular flexibility index (Phi) is 6.16. The van der Waals surface area contributed by atoms with Gasteiger partial charge in [0.1, 0.15) is 0 Å². The number of carbonyl (C=O) groups excluding carboxylic acids is 1. The highest BCUT2D eigenvalue weighted by atomic mass is 16.3. The van der Waals surface area contributed by atoms with Crippen molar-refractivity contribution >= 4 is 5.91 Å². The van der Waals surface area contributed by atoms with Crippen molar-refractivity contribution in [2.45, 2.75) is 32.2 Å². The summed E-state index contributed by atoms with van der Waals surface area (Å²) in [5.41, 5.74) is 3.45. The molecule has 0 aliphatic heterocycles. The molecule has 0 spiro atoms. The Bertz CT molecular complexity index is 595. The largest absolute Gasteiger partial charge is 0.396 e. The zero-order valence-corrected chi connectivity index (χ0v) is 13.0. The molecule has 0 radical (unpaired) electrons. The summed E-state index contributed by atoms with van der Waals surface area (Å²) in [5, 5.41) is 12.2. The first kappa shape index (κ1) is 16.2. The van der Waals surface area contributed by atoms with Gasteiger partial charge in [0.05, 0.1) is 6.04 Å². The third kappa shape index (κ3) is 4.71. The van der Waals surface area contributed by atoms with E-state index in [1.807, 2.05) is 42.5 Å². The van der Waals surface area contributed by atoms with Crippen molar-refractivity contribution in [3.05, 3.63) is 71.3 Å². The average Bonchev–Trinajstić information content (AvgIpc) is 2.54. The summed E-state index contributed by atoms with van der Waals surface area (Å²) >= 11 is 0. The lowest BCUT2D eigenvalue weighted by Gasteiger charge is -2.18. The molecule has 0 aliphatic rings. The van der Waals surface area contributed by atoms with Gasteiger partial charge in [0, 0.05) is 13.0 Å². The molecule has 0 aliphatic carbocycles. The van der Waals surface area contributed by atoms with E-state index < -0.39 is 0 Å². The molecular formula is C19H23NO2. The van der Waals surface area contributed by atoms with Gasteiger partial charge in [0.15, 0.2) is 0 Å². The number of aryl methyl sites for hydroxylation is 2. The second-order valence-electron chi connectivity index (χ2n) is 5.47. The first-order valence-electron chi connectivity index (χ1n) is 7.70. The van der Waals surface area contributed by atoms with Crippen molar-refractivity contribution in [3.63, 3.8) is 0 Å². The van der Waals surface area contributed by atoms with Gasteiger partial charge in [-0.2, -0.15) is 0 Å². The van der Waals surface area contributed by atoms with Crippen molar-refractivity contribution in [3.8, 4) is 0 Å². The van der Waals surface area contributed by atoms with Gasteiger partial charge in [-0.15, -0.1) is 0 Å². The van der Waals surface area contributed by atoms with Gasteiger partial charge in [-0.25, -0.2) is 0 Å². The lowest BCUT2D eigenvalue weighted by atomic mass is 10.0. The minimum atomic E-state index is -0.129. The van der Waals surface area contributed by atoms with Gasteiger partial charge in [0.2, 0.25) is 5.91 Å². The molecule has 2 rings (SSSR count). The molecule has 0 saturated heterocycles. The Labute approximate surface area is 132 Å². The standard InChI is InChI=1S/C19H23NO2/c1-15-7-5-6-8-16(15)11-12-19(22)20-18(13-14-21)17-9-3-2-4-10-17/h2-10,18,21H,11-14H2,1H3,(H,20,22). The van der Waals surface area contributed by atoms with Crippen molar-refractivity contribution in [2.24, 2.45) is 0 Å². The van der Waals surface area contributed by atoms with E-state index in [4.69, 9.17) is 0 Å². The highest BCUT2D eigenvalue weighted by Gasteiger charge is 2.14. The maximum absolute atomic E-state index is 12.2. The molecule has 2 aromatic carbocycles. The fourth-order valence-electron chi connectivity index (χ4n) is 2.54. The average molecular weight is 297 g/mol. The fourth-order valence-corrected chi connectivity index (χ4v) is 2.54. The lowest BCUT2D eigenvalue weighted by molar-refractivity contribution is -0.121. The lowest BCUT2D eigenvalue weighted by Crippen LogP contribution is -2.29. The molecule has 2 N–H and O–H groups in total. The summed E-state index contributed by atoms with van der Waals surface area (Å²) in [6, 6.07) is 17.8. The first-order valence-corrected chi connectivity index (χ1v) is 7.70. The van der Waals surface area contributed by atoms with Crippen LogP contribution in [-0.2, 0) is 11.2 Å². The van der Waals surface area contributed by atoms with E-state index in [0.717, 1.165) is 12.0 Å². The van der Waals surface area contributed by atoms with Crippen LogP contribution >= 0.6 is 0 Å². The Hall–Kier alpha value is -2.13. The molecule has 2 aromatic rings. The quantitative estimate of drug-likeness (QED) is 0.824. The summed E-state index contributed by atoms with van der Waals surface area (Å²) < 4.78 is 0. The topological polar surface area (TPSA) is 49.3 Å². The second-order valence-corrected chi connectivity index (χ2v) is 5.47. The molecule has 1 atom stereocenters. The van der Waals surface area contributed by atoms with Gasteiger partial charge in [-0.05, 0) is 36.5 Å². The summed E-state index contributed by atoms with van der Waals surface area (Å²) in [5.74, 6) is 0.0190. The monoisotopic (exact) mass is 297 g/mol. The van der Waals surface area contributed by atoms with Crippen LogP contribution in [0.5, 0.6) is 0 Å². The Morgan fingerprint density at radius 3 is 2.45 bits per heavy atom. The van der Waals surface area contributed by atoms with Crippen LogP contribution in [0.1, 0.15) is 35.6 Å². The Morgan fingerprint density at radius 1 is 1.09 bits per heavy atom. The highest BCUT2D eigenvalue weighted by molar-refractivity contribution is 5.76. The normalized spacial score (nSPS) is 11.9. The number of aliphatic hydroxyl groups is 1. The number of hydrogen-bond acceptors (Lipinski definition) is 2. The highest BCUT2D eigenvalue weighted by Crippen LogP contribution is 2.17. The van der Waals surface area contributed by atoms with E-state index in [1.165, 1.54) is 11.1 Å². The molecule has 3 heteroatoms. The maximum Gasteiger partial charge on any atom is 0.220 e. The molecule has 0 saturated carbocycles. The van der Waals surface area contributed by atoms with E-state index in [2.05, 4.69) is 24.4 Å². The summed E-state index contributed by atoms with van der Waals surface area (Å²) in [7, 11) is 0. The van der Waals surface area contributed by atoms with E-state index >= 15 is 0 Å². The van der Waals surface area contributed by atoms with Gasteiger partial charge >= 0.3 is 0 Å². The van der Waals surface area contributed by atoms with Gasteiger partial charge in [-0.1, -0.05) is 54.6 Å². The maximum atomic E-state index is 12.2. The predicted octanol–water partition coefficient (Wildman–Crippen LogP) is 3.17. The third-order valence-corrected chi connectivity index (χ3v) is 3.84. The molecular weight excluding hydrogens is 274 g/mol. The van der Waals surface area contributed by atoms with E-state index in [9.17, 15) is 9.90 Å². The van der Waals surface area contributed by atoms with Crippen LogP contribution in [0, 0.1) is 6.92 Å². The third-order valence-electron chi connectivity index (χ3n) is 3.84. The molecule has 1 amide bonds. The van der Waals surface area contributed by atoms with Crippen LogP contribution in [0.3, 0.4) is 0 Å². The van der Waals surface area contributed by atoms with Crippen LogP contribution in [-0.4, -0.2) is 17.6 Å². The predicted molar refractivity (Wildman–Crippen MR) is 88.5 cm³/mol. The van der Waals surface area contributed by atoms with Crippen LogP contribution in [0.2, 0.25) is 0 Å². The molecule has 0 heterocycles. The first-order chi connectivity index (χ1) is 10.7. The number of nitrogens with one attached hydrogen (secondary N) is 1. The second kappa shape index (κ2) is 8.35. The number of amides is 1. The number of carbonyl (C=O) groups is 1. The molecule has 0 bridgehead atoms. The van der Waals surface area contributed by atoms with Crippen molar-refractivity contribution in [1.82, 2.24) is 5.32 Å². The fraction of sp³-hybridized carbons (Fsp3) is 0.316. The van der Waals surface area contributed by atoms with Crippen molar-refractivity contribution in [2.75, 3.05) is 6.61 Å². The zero-order chi connectivity index (χ0) is 15.8. The SMILES string of the molecule is Cc1ccccc1CCC(=O)NC(CCO)c1ccccc1. The minimum Gasteiger partial charge on any atom is -0.396 e. The van der Waals surface area contributed by atoms with Crippen molar-refractivity contribution < 1.29 is 9.90 Å². The Morgan fingerprint density at radius 2 is 1.77 bits per heavy atom. The van der Waals surface area contributed by atoms with Crippen LogP contribution in [0.4, 0.5) is 0 Å². The smallest absolute Gasteiger partial charge is 0.220 e. The summed E-state index contributed by atoms with van der Waals surface area (Å²) in [6.07, 6.45) is 1.72. The van der Waals surface area contributed by atoms with Crippen LogP contribution < -0.4 is 5.32 Å². The van der Waals surface area contributed by atoms with Gasteiger partial charge in [-0.3, -0.25) is 4.79 Å². The number of rotatable bonds is 7. The summed E-state index contributed by atoms with van der Waals surface area (Å²) in [4.78, 5) is 12.2. The van der Waals surface area contributed by atoms with Gasteiger partial charge in [0.25, 0.3) is 0 Å². The van der Waals surface area contributed by atoms with Crippen LogP contribution in [0.25, 0.3) is 0 Å². The number of benzene rings is 2. The number of hydrogen-bond donors (Lipinski definition) is 2. The van der Waals surface area contributed by atoms with E-state index in [-0.39, 0.29) is 18.6 Å². The molecule has 22 heavy (non-hydrogen) atoms.